The summed E-state index contributed by atoms with van der Waals surface area (Å²) in [6.45, 7) is 4.19. The molecule has 3 unspecified atom stereocenters. The Labute approximate surface area is 83.8 Å². The summed E-state index contributed by atoms with van der Waals surface area (Å²) in [5, 5.41) is 9.56. The Hall–Kier alpha value is -0.610. The van der Waals surface area contributed by atoms with Gasteiger partial charge in [0.15, 0.2) is 0 Å². The van der Waals surface area contributed by atoms with Crippen LogP contribution in [-0.4, -0.2) is 47.8 Å². The van der Waals surface area contributed by atoms with Gasteiger partial charge >= 0.3 is 5.97 Å². The Kier molecular flexibility index (Phi) is 2.74. The summed E-state index contributed by atoms with van der Waals surface area (Å²) in [4.78, 5) is 13.5. The maximum atomic E-state index is 11.3. The number of ether oxygens (including phenoxy) is 1. The lowest BCUT2D eigenvalue weighted by atomic mass is 9.95. The number of rotatable bonds is 1. The summed E-state index contributed by atoms with van der Waals surface area (Å²) < 4.78 is 4.94. The van der Waals surface area contributed by atoms with Gasteiger partial charge in [-0.2, -0.15) is 0 Å². The quantitative estimate of drug-likeness (QED) is 0.604. The molecule has 80 valence electrons. The maximum Gasteiger partial charge on any atom is 0.323 e. The number of esters is 1. The number of aliphatic hydroxyl groups excluding tert-OH is 1. The fourth-order valence-corrected chi connectivity index (χ4v) is 2.27. The lowest BCUT2D eigenvalue weighted by Gasteiger charge is -2.36. The van der Waals surface area contributed by atoms with Crippen molar-refractivity contribution in [2.24, 2.45) is 5.92 Å². The number of nitrogens with zero attached hydrogens (tertiary/aromatic N) is 1. The summed E-state index contributed by atoms with van der Waals surface area (Å²) in [6, 6.07) is -0.0510. The Bertz CT molecular complexity index is 231. The van der Waals surface area contributed by atoms with Crippen molar-refractivity contribution in [3.05, 3.63) is 0 Å². The third-order valence-corrected chi connectivity index (χ3v) is 3.24. The van der Waals surface area contributed by atoms with Crippen molar-refractivity contribution in [3.63, 3.8) is 0 Å². The summed E-state index contributed by atoms with van der Waals surface area (Å²) in [7, 11) is 0. The molecular weight excluding hydrogens is 182 g/mol. The third kappa shape index (κ3) is 1.77. The molecule has 3 atom stereocenters. The highest BCUT2D eigenvalue weighted by atomic mass is 16.5. The molecule has 4 heteroatoms. The molecule has 2 saturated heterocycles. The smallest absolute Gasteiger partial charge is 0.323 e. The van der Waals surface area contributed by atoms with Crippen molar-refractivity contribution in [1.82, 2.24) is 4.90 Å². The first-order chi connectivity index (χ1) is 6.68. The highest BCUT2D eigenvalue weighted by Gasteiger charge is 2.36. The SMILES string of the molecule is CC1CN(C2CCOC2=O)CCC1O. The van der Waals surface area contributed by atoms with Crippen LogP contribution < -0.4 is 0 Å². The van der Waals surface area contributed by atoms with E-state index in [1.807, 2.05) is 6.92 Å². The van der Waals surface area contributed by atoms with E-state index in [0.717, 1.165) is 25.9 Å². The largest absolute Gasteiger partial charge is 0.464 e. The predicted molar refractivity (Wildman–Crippen MR) is 50.7 cm³/mol. The van der Waals surface area contributed by atoms with Gasteiger partial charge in [-0.3, -0.25) is 9.69 Å². The standard InChI is InChI=1S/C10H17NO3/c1-7-6-11(4-2-9(7)12)8-3-5-14-10(8)13/h7-9,12H,2-6H2,1H3. The van der Waals surface area contributed by atoms with Crippen LogP contribution in [0.15, 0.2) is 0 Å². The van der Waals surface area contributed by atoms with Crippen LogP contribution in [0.4, 0.5) is 0 Å². The van der Waals surface area contributed by atoms with Crippen LogP contribution in [0.5, 0.6) is 0 Å². The molecule has 2 heterocycles. The van der Waals surface area contributed by atoms with Crippen LogP contribution in [0.2, 0.25) is 0 Å². The molecule has 2 rings (SSSR count). The second kappa shape index (κ2) is 3.87. The molecule has 14 heavy (non-hydrogen) atoms. The molecule has 0 saturated carbocycles. The van der Waals surface area contributed by atoms with Gasteiger partial charge in [-0.1, -0.05) is 6.92 Å². The lowest BCUT2D eigenvalue weighted by molar-refractivity contribution is -0.143. The van der Waals surface area contributed by atoms with E-state index in [9.17, 15) is 9.90 Å². The van der Waals surface area contributed by atoms with Gasteiger partial charge in [0.25, 0.3) is 0 Å². The van der Waals surface area contributed by atoms with Crippen LogP contribution in [0.1, 0.15) is 19.8 Å². The summed E-state index contributed by atoms with van der Waals surface area (Å²) in [5.74, 6) is 0.172. The van der Waals surface area contributed by atoms with E-state index >= 15 is 0 Å². The van der Waals surface area contributed by atoms with Crippen LogP contribution >= 0.6 is 0 Å². The number of aliphatic hydroxyl groups is 1. The number of cyclic esters (lactones) is 1. The second-order valence-corrected chi connectivity index (χ2v) is 4.30. The molecule has 0 aromatic carbocycles. The monoisotopic (exact) mass is 199 g/mol. The zero-order valence-electron chi connectivity index (χ0n) is 8.48. The Morgan fingerprint density at radius 2 is 2.29 bits per heavy atom. The molecule has 0 amide bonds. The maximum absolute atomic E-state index is 11.3. The van der Waals surface area contributed by atoms with Gasteiger partial charge in [-0.05, 0) is 12.3 Å². The van der Waals surface area contributed by atoms with Gasteiger partial charge in [0, 0.05) is 19.5 Å². The van der Waals surface area contributed by atoms with Crippen LogP contribution in [-0.2, 0) is 9.53 Å². The third-order valence-electron chi connectivity index (χ3n) is 3.24. The molecule has 4 nitrogen and oxygen atoms in total. The lowest BCUT2D eigenvalue weighted by Crippen LogP contribution is -2.48. The average Bonchev–Trinajstić information content (AvgIpc) is 2.57. The molecule has 0 aromatic rings. The highest BCUT2D eigenvalue weighted by molar-refractivity contribution is 5.77. The van der Waals surface area contributed by atoms with Crippen molar-refractivity contribution in [2.75, 3.05) is 19.7 Å². The van der Waals surface area contributed by atoms with Crippen LogP contribution in [0, 0.1) is 5.92 Å². The zero-order chi connectivity index (χ0) is 10.1. The van der Waals surface area contributed by atoms with E-state index in [1.54, 1.807) is 0 Å². The van der Waals surface area contributed by atoms with Gasteiger partial charge in [0.05, 0.1) is 12.7 Å². The van der Waals surface area contributed by atoms with Crippen molar-refractivity contribution >= 4 is 5.97 Å². The molecule has 0 aromatic heterocycles. The van der Waals surface area contributed by atoms with E-state index in [-0.39, 0.29) is 24.0 Å². The number of hydrogen-bond donors (Lipinski definition) is 1. The van der Waals surface area contributed by atoms with Gasteiger partial charge in [0.2, 0.25) is 0 Å². The zero-order valence-corrected chi connectivity index (χ0v) is 8.48. The predicted octanol–water partition coefficient (Wildman–Crippen LogP) is 0.00460. The first-order valence-corrected chi connectivity index (χ1v) is 5.27. The van der Waals surface area contributed by atoms with Gasteiger partial charge in [-0.15, -0.1) is 0 Å². The number of likely N-dealkylation sites (tertiary alicyclic amines) is 1. The van der Waals surface area contributed by atoms with Gasteiger partial charge < -0.3 is 9.84 Å². The van der Waals surface area contributed by atoms with E-state index < -0.39 is 0 Å². The molecule has 0 bridgehead atoms. The molecule has 0 radical (unpaired) electrons. The Balaban J connectivity index is 1.95. The minimum absolute atomic E-state index is 0.0510. The van der Waals surface area contributed by atoms with Crippen molar-refractivity contribution < 1.29 is 14.6 Å². The normalized spacial score (nSPS) is 39.9. The number of carbonyl (C=O) groups is 1. The molecule has 0 spiro atoms. The van der Waals surface area contributed by atoms with E-state index in [2.05, 4.69) is 4.90 Å². The number of hydrogen-bond acceptors (Lipinski definition) is 4. The fourth-order valence-electron chi connectivity index (χ4n) is 2.27. The van der Waals surface area contributed by atoms with E-state index in [0.29, 0.717) is 6.61 Å². The van der Waals surface area contributed by atoms with E-state index in [4.69, 9.17) is 4.74 Å². The van der Waals surface area contributed by atoms with E-state index in [1.165, 1.54) is 0 Å². The summed E-state index contributed by atoms with van der Waals surface area (Å²) >= 11 is 0. The summed E-state index contributed by atoms with van der Waals surface area (Å²) in [5.41, 5.74) is 0. The average molecular weight is 199 g/mol. The molecule has 2 aliphatic rings. The number of piperidine rings is 1. The van der Waals surface area contributed by atoms with Crippen molar-refractivity contribution in [2.45, 2.75) is 31.9 Å². The molecule has 2 aliphatic heterocycles. The Morgan fingerprint density at radius 3 is 2.86 bits per heavy atom. The first-order valence-electron chi connectivity index (χ1n) is 5.27. The molecular formula is C10H17NO3. The van der Waals surface area contributed by atoms with Crippen molar-refractivity contribution in [3.8, 4) is 0 Å². The van der Waals surface area contributed by atoms with Crippen LogP contribution in [0.25, 0.3) is 0 Å². The van der Waals surface area contributed by atoms with Crippen LogP contribution in [0.3, 0.4) is 0 Å². The minimum atomic E-state index is -0.205. The van der Waals surface area contributed by atoms with Crippen molar-refractivity contribution in [1.29, 1.82) is 0 Å². The topological polar surface area (TPSA) is 49.8 Å². The molecule has 2 fully saturated rings. The minimum Gasteiger partial charge on any atom is -0.464 e. The fraction of sp³-hybridized carbons (Fsp3) is 0.900. The Morgan fingerprint density at radius 1 is 1.50 bits per heavy atom. The summed E-state index contributed by atoms with van der Waals surface area (Å²) in [6.07, 6.45) is 1.37. The first kappa shape index (κ1) is 9.93. The van der Waals surface area contributed by atoms with Gasteiger partial charge in [-0.25, -0.2) is 0 Å². The second-order valence-electron chi connectivity index (χ2n) is 4.30. The number of carbonyl (C=O) groups excluding carboxylic acids is 1. The van der Waals surface area contributed by atoms with Gasteiger partial charge in [0.1, 0.15) is 6.04 Å². The molecule has 1 N–H and O–H groups in total. The highest BCUT2D eigenvalue weighted by Crippen LogP contribution is 2.22. The molecule has 0 aliphatic carbocycles.